The molecule has 0 aliphatic heterocycles. The summed E-state index contributed by atoms with van der Waals surface area (Å²) >= 11 is 0. The maximum absolute atomic E-state index is 13.0. The first-order chi connectivity index (χ1) is 13.8. The molecule has 28 heavy (non-hydrogen) atoms. The molecule has 1 N–H and O–H groups in total. The molecule has 144 valence electrons. The van der Waals surface area contributed by atoms with Gasteiger partial charge >= 0.3 is 0 Å². The average molecular weight is 374 g/mol. The van der Waals surface area contributed by atoms with E-state index in [0.717, 1.165) is 36.1 Å². The van der Waals surface area contributed by atoms with Crippen molar-refractivity contribution in [3.8, 4) is 11.1 Å². The number of aromatic nitrogens is 2. The lowest BCUT2D eigenvalue weighted by molar-refractivity contribution is 0.0934. The Morgan fingerprint density at radius 1 is 0.964 bits per heavy atom. The van der Waals surface area contributed by atoms with Crippen LogP contribution in [0.2, 0.25) is 0 Å². The van der Waals surface area contributed by atoms with Crippen molar-refractivity contribution in [2.45, 2.75) is 51.1 Å². The van der Waals surface area contributed by atoms with Gasteiger partial charge in [-0.2, -0.15) is 5.10 Å². The Bertz CT molecular complexity index is 892. The standard InChI is InChI=1S/C24H27N3O/c28-24(26-21-8-3-1-2-4-9-21)23-11-6-5-10-22(23)20-14-12-19(13-15-20)18-27-17-7-16-25-27/h5-7,10-17,21H,1-4,8-9,18H2,(H,26,28). The minimum absolute atomic E-state index is 0.0446. The van der Waals surface area contributed by atoms with Gasteiger partial charge in [0, 0.05) is 24.0 Å². The van der Waals surface area contributed by atoms with Crippen molar-refractivity contribution in [3.05, 3.63) is 78.1 Å². The lowest BCUT2D eigenvalue weighted by Crippen LogP contribution is -2.34. The Labute approximate surface area is 166 Å². The highest BCUT2D eigenvalue weighted by molar-refractivity contribution is 6.01. The molecule has 0 atom stereocenters. The molecule has 4 nitrogen and oxygen atoms in total. The van der Waals surface area contributed by atoms with Gasteiger partial charge in [-0.25, -0.2) is 0 Å². The summed E-state index contributed by atoms with van der Waals surface area (Å²) < 4.78 is 1.91. The van der Waals surface area contributed by atoms with Crippen LogP contribution in [0.25, 0.3) is 11.1 Å². The first-order valence-corrected chi connectivity index (χ1v) is 10.3. The van der Waals surface area contributed by atoms with E-state index in [0.29, 0.717) is 6.04 Å². The third-order valence-corrected chi connectivity index (χ3v) is 5.53. The molecule has 1 heterocycles. The molecule has 3 aromatic rings. The summed E-state index contributed by atoms with van der Waals surface area (Å²) in [6.07, 6.45) is 10.9. The number of rotatable bonds is 5. The van der Waals surface area contributed by atoms with E-state index < -0.39 is 0 Å². The van der Waals surface area contributed by atoms with Gasteiger partial charge in [0.2, 0.25) is 0 Å². The third kappa shape index (κ3) is 4.50. The Morgan fingerprint density at radius 3 is 2.43 bits per heavy atom. The number of carbonyl (C=O) groups is 1. The zero-order valence-electron chi connectivity index (χ0n) is 16.2. The van der Waals surface area contributed by atoms with Gasteiger partial charge in [0.15, 0.2) is 0 Å². The number of hydrogen-bond acceptors (Lipinski definition) is 2. The van der Waals surface area contributed by atoms with E-state index in [1.54, 1.807) is 6.20 Å². The van der Waals surface area contributed by atoms with Gasteiger partial charge in [-0.1, -0.05) is 68.1 Å². The molecular formula is C24H27N3O. The monoisotopic (exact) mass is 373 g/mol. The van der Waals surface area contributed by atoms with Crippen LogP contribution in [-0.4, -0.2) is 21.7 Å². The Balaban J connectivity index is 1.51. The van der Waals surface area contributed by atoms with Crippen molar-refractivity contribution >= 4 is 5.91 Å². The molecule has 1 aliphatic carbocycles. The van der Waals surface area contributed by atoms with Gasteiger partial charge < -0.3 is 5.32 Å². The van der Waals surface area contributed by atoms with E-state index in [9.17, 15) is 4.79 Å². The molecule has 0 unspecified atom stereocenters. The summed E-state index contributed by atoms with van der Waals surface area (Å²) in [6, 6.07) is 18.5. The molecular weight excluding hydrogens is 346 g/mol. The quantitative estimate of drug-likeness (QED) is 0.636. The zero-order valence-corrected chi connectivity index (χ0v) is 16.2. The van der Waals surface area contributed by atoms with Gasteiger partial charge in [0.05, 0.1) is 6.54 Å². The number of nitrogens with one attached hydrogen (secondary N) is 1. The van der Waals surface area contributed by atoms with Crippen LogP contribution in [0.3, 0.4) is 0 Å². The molecule has 0 bridgehead atoms. The predicted molar refractivity (Wildman–Crippen MR) is 112 cm³/mol. The topological polar surface area (TPSA) is 46.9 Å². The number of amides is 1. The Hall–Kier alpha value is -2.88. The van der Waals surface area contributed by atoms with E-state index in [4.69, 9.17) is 0 Å². The minimum atomic E-state index is 0.0446. The van der Waals surface area contributed by atoms with E-state index in [1.807, 2.05) is 41.2 Å². The number of nitrogens with zero attached hydrogens (tertiary/aromatic N) is 2. The highest BCUT2D eigenvalue weighted by atomic mass is 16.1. The summed E-state index contributed by atoms with van der Waals surface area (Å²) in [6.45, 7) is 0.747. The molecule has 1 saturated carbocycles. The van der Waals surface area contributed by atoms with Crippen molar-refractivity contribution in [1.82, 2.24) is 15.1 Å². The lowest BCUT2D eigenvalue weighted by Gasteiger charge is -2.18. The summed E-state index contributed by atoms with van der Waals surface area (Å²) in [7, 11) is 0. The zero-order chi connectivity index (χ0) is 19.2. The lowest BCUT2D eigenvalue weighted by atomic mass is 9.97. The van der Waals surface area contributed by atoms with Gasteiger partial charge in [0.1, 0.15) is 0 Å². The fraction of sp³-hybridized carbons (Fsp3) is 0.333. The fourth-order valence-corrected chi connectivity index (χ4v) is 3.99. The van der Waals surface area contributed by atoms with Crippen LogP contribution in [0.5, 0.6) is 0 Å². The van der Waals surface area contributed by atoms with Crippen LogP contribution in [0, 0.1) is 0 Å². The third-order valence-electron chi connectivity index (χ3n) is 5.53. The molecule has 4 rings (SSSR count). The largest absolute Gasteiger partial charge is 0.349 e. The molecule has 0 spiro atoms. The second-order valence-corrected chi connectivity index (χ2v) is 7.61. The highest BCUT2D eigenvalue weighted by Gasteiger charge is 2.18. The van der Waals surface area contributed by atoms with Crippen LogP contribution in [-0.2, 0) is 6.54 Å². The van der Waals surface area contributed by atoms with Gasteiger partial charge in [-0.15, -0.1) is 0 Å². The van der Waals surface area contributed by atoms with E-state index in [1.165, 1.54) is 31.2 Å². The minimum Gasteiger partial charge on any atom is -0.349 e. The number of carbonyl (C=O) groups excluding carboxylic acids is 1. The highest BCUT2D eigenvalue weighted by Crippen LogP contribution is 2.25. The summed E-state index contributed by atoms with van der Waals surface area (Å²) in [5.74, 6) is 0.0446. The molecule has 1 amide bonds. The van der Waals surface area contributed by atoms with E-state index in [2.05, 4.69) is 34.7 Å². The maximum atomic E-state index is 13.0. The van der Waals surface area contributed by atoms with Crippen molar-refractivity contribution in [3.63, 3.8) is 0 Å². The molecule has 0 radical (unpaired) electrons. The van der Waals surface area contributed by atoms with Gasteiger partial charge in [0.25, 0.3) is 5.91 Å². The number of benzene rings is 2. The van der Waals surface area contributed by atoms with Crippen molar-refractivity contribution in [2.24, 2.45) is 0 Å². The van der Waals surface area contributed by atoms with Crippen molar-refractivity contribution in [2.75, 3.05) is 0 Å². The van der Waals surface area contributed by atoms with E-state index >= 15 is 0 Å². The smallest absolute Gasteiger partial charge is 0.252 e. The summed E-state index contributed by atoms with van der Waals surface area (Å²) in [5.41, 5.74) is 3.99. The second kappa shape index (κ2) is 8.87. The Kier molecular flexibility index (Phi) is 5.86. The van der Waals surface area contributed by atoms with Crippen LogP contribution in [0.1, 0.15) is 54.4 Å². The van der Waals surface area contributed by atoms with Crippen molar-refractivity contribution < 1.29 is 4.79 Å². The molecule has 1 aromatic heterocycles. The molecule has 0 saturated heterocycles. The summed E-state index contributed by atoms with van der Waals surface area (Å²) in [5, 5.41) is 7.53. The second-order valence-electron chi connectivity index (χ2n) is 7.61. The molecule has 1 fully saturated rings. The summed E-state index contributed by atoms with van der Waals surface area (Å²) in [4.78, 5) is 13.0. The number of hydrogen-bond donors (Lipinski definition) is 1. The molecule has 1 aliphatic rings. The fourth-order valence-electron chi connectivity index (χ4n) is 3.99. The van der Waals surface area contributed by atoms with Crippen LogP contribution < -0.4 is 5.32 Å². The normalized spacial score (nSPS) is 15.1. The SMILES string of the molecule is O=C(NC1CCCCCC1)c1ccccc1-c1ccc(Cn2cccn2)cc1. The van der Waals surface area contributed by atoms with Gasteiger partial charge in [-0.3, -0.25) is 9.48 Å². The first-order valence-electron chi connectivity index (χ1n) is 10.3. The first kappa shape index (κ1) is 18.5. The van der Waals surface area contributed by atoms with Gasteiger partial charge in [-0.05, 0) is 41.7 Å². The van der Waals surface area contributed by atoms with Crippen LogP contribution in [0.15, 0.2) is 67.0 Å². The predicted octanol–water partition coefficient (Wildman–Crippen LogP) is 5.05. The van der Waals surface area contributed by atoms with Crippen LogP contribution in [0.4, 0.5) is 0 Å². The average Bonchev–Trinajstić information content (AvgIpc) is 3.10. The van der Waals surface area contributed by atoms with E-state index in [-0.39, 0.29) is 5.91 Å². The van der Waals surface area contributed by atoms with Crippen LogP contribution >= 0.6 is 0 Å². The molecule has 2 aromatic carbocycles. The maximum Gasteiger partial charge on any atom is 0.252 e. The van der Waals surface area contributed by atoms with Crippen molar-refractivity contribution in [1.29, 1.82) is 0 Å². The Morgan fingerprint density at radius 2 is 1.71 bits per heavy atom. The molecule has 4 heteroatoms.